The van der Waals surface area contributed by atoms with Gasteiger partial charge < -0.3 is 14.9 Å². The summed E-state index contributed by atoms with van der Waals surface area (Å²) in [5, 5.41) is 28.4. The number of piperazine rings is 1. The first-order valence-corrected chi connectivity index (χ1v) is 11.9. The molecule has 1 aliphatic rings. The Labute approximate surface area is 209 Å². The smallest absolute Gasteiger partial charge is 0.251 e. The fourth-order valence-corrected chi connectivity index (χ4v) is 4.51. The number of hydrogen-bond acceptors (Lipinski definition) is 7. The second-order valence-corrected chi connectivity index (χ2v) is 9.41. The van der Waals surface area contributed by atoms with E-state index in [-0.39, 0.29) is 11.8 Å². The summed E-state index contributed by atoms with van der Waals surface area (Å²) in [5.74, 6) is 0.508. The number of nitrogens with zero attached hydrogens (tertiary/aromatic N) is 8. The van der Waals surface area contributed by atoms with Crippen LogP contribution < -0.4 is 4.90 Å². The van der Waals surface area contributed by atoms with Gasteiger partial charge in [0, 0.05) is 74.1 Å². The molecule has 0 saturated carbocycles. The number of aliphatic hydroxyl groups is 1. The summed E-state index contributed by atoms with van der Waals surface area (Å²) in [5.41, 5.74) is 4.86. The van der Waals surface area contributed by atoms with Crippen molar-refractivity contribution in [3.05, 3.63) is 54.7 Å². The Bertz CT molecular complexity index is 1440. The van der Waals surface area contributed by atoms with Crippen LogP contribution in [0.2, 0.25) is 0 Å². The maximum Gasteiger partial charge on any atom is 0.251 e. The normalized spacial score (nSPS) is 14.9. The van der Waals surface area contributed by atoms with E-state index in [9.17, 15) is 15.2 Å². The molecule has 0 radical (unpaired) electrons. The van der Waals surface area contributed by atoms with E-state index in [1.165, 1.54) is 0 Å². The molecule has 4 aromatic heterocycles. The molecule has 1 saturated heterocycles. The highest BCUT2D eigenvalue weighted by atomic mass is 16.3. The molecule has 184 valence electrons. The van der Waals surface area contributed by atoms with Crippen molar-refractivity contribution in [2.75, 3.05) is 31.1 Å². The molecular formula is C26H28N8O2. The van der Waals surface area contributed by atoms with Gasteiger partial charge in [0.15, 0.2) is 0 Å². The molecule has 1 amide bonds. The van der Waals surface area contributed by atoms with Gasteiger partial charge in [0.1, 0.15) is 18.0 Å². The lowest BCUT2D eigenvalue weighted by atomic mass is 10.0. The zero-order valence-electron chi connectivity index (χ0n) is 20.5. The number of carbonyl (C=O) groups is 1. The molecule has 36 heavy (non-hydrogen) atoms. The molecular weight excluding hydrogens is 456 g/mol. The minimum absolute atomic E-state index is 0.106. The predicted octanol–water partition coefficient (Wildman–Crippen LogP) is 2.33. The van der Waals surface area contributed by atoms with E-state index in [1.54, 1.807) is 26.5 Å². The lowest BCUT2D eigenvalue weighted by Gasteiger charge is -2.36. The molecule has 5 rings (SSSR count). The van der Waals surface area contributed by atoms with E-state index in [2.05, 4.69) is 21.2 Å². The van der Waals surface area contributed by atoms with Gasteiger partial charge in [-0.2, -0.15) is 15.5 Å². The number of aryl methyl sites for hydroxylation is 1. The molecule has 10 heteroatoms. The van der Waals surface area contributed by atoms with Crippen LogP contribution in [0, 0.1) is 17.2 Å². The second-order valence-electron chi connectivity index (χ2n) is 9.41. The van der Waals surface area contributed by atoms with Crippen molar-refractivity contribution < 1.29 is 9.90 Å². The number of aliphatic hydroxyl groups excluding tert-OH is 1. The first kappa shape index (κ1) is 23.5. The third-order valence-corrected chi connectivity index (χ3v) is 6.63. The number of aromatic nitrogens is 5. The van der Waals surface area contributed by atoms with Gasteiger partial charge in [-0.15, -0.1) is 0 Å². The Morgan fingerprint density at radius 3 is 2.42 bits per heavy atom. The van der Waals surface area contributed by atoms with Crippen LogP contribution in [0.15, 0.2) is 49.2 Å². The molecule has 1 atom stereocenters. The molecule has 1 fully saturated rings. The zero-order valence-corrected chi connectivity index (χ0v) is 20.5. The summed E-state index contributed by atoms with van der Waals surface area (Å²) >= 11 is 0. The Morgan fingerprint density at radius 1 is 1.03 bits per heavy atom. The molecule has 5 heterocycles. The van der Waals surface area contributed by atoms with Crippen molar-refractivity contribution in [1.29, 1.82) is 5.26 Å². The third-order valence-electron chi connectivity index (χ3n) is 6.63. The summed E-state index contributed by atoms with van der Waals surface area (Å²) < 4.78 is 3.47. The SMILES string of the molecule is CC(C)[C@H](O)C(=O)N1CCN(c2ccc(-c3cc(-c4cnn(C)c4)cn4ncc(C#N)c34)cn2)CC1. The van der Waals surface area contributed by atoms with Crippen LogP contribution in [0.3, 0.4) is 0 Å². The molecule has 0 bridgehead atoms. The number of fused-ring (bicyclic) bond motifs is 1. The Kier molecular flexibility index (Phi) is 6.16. The van der Waals surface area contributed by atoms with Crippen LogP contribution in [0.1, 0.15) is 19.4 Å². The van der Waals surface area contributed by atoms with Gasteiger partial charge in [-0.05, 0) is 24.1 Å². The van der Waals surface area contributed by atoms with Gasteiger partial charge in [-0.1, -0.05) is 13.8 Å². The van der Waals surface area contributed by atoms with E-state index in [4.69, 9.17) is 4.98 Å². The van der Waals surface area contributed by atoms with Crippen LogP contribution in [0.5, 0.6) is 0 Å². The number of rotatable bonds is 5. The van der Waals surface area contributed by atoms with Crippen LogP contribution in [-0.2, 0) is 11.8 Å². The Morgan fingerprint density at radius 2 is 1.81 bits per heavy atom. The van der Waals surface area contributed by atoms with Crippen LogP contribution in [0.25, 0.3) is 27.8 Å². The first-order chi connectivity index (χ1) is 17.4. The van der Waals surface area contributed by atoms with Gasteiger partial charge in [-0.25, -0.2) is 9.50 Å². The fraction of sp³-hybridized carbons (Fsp3) is 0.346. The van der Waals surface area contributed by atoms with Gasteiger partial charge in [0.05, 0.1) is 23.5 Å². The Hall–Kier alpha value is -4.23. The summed E-state index contributed by atoms with van der Waals surface area (Å²) in [7, 11) is 1.87. The number of pyridine rings is 2. The van der Waals surface area contributed by atoms with Crippen LogP contribution in [-0.4, -0.2) is 72.6 Å². The standard InChI is InChI=1S/C26H28N8O2/c1-17(2)25(35)26(36)33-8-6-32(7-9-33)23-5-4-18(12-28-23)22-10-19(21-14-29-31(3)15-21)16-34-24(22)20(11-27)13-30-34/h4-5,10,12-17,25,35H,6-9H2,1-3H3/t25-/m0/s1. The largest absolute Gasteiger partial charge is 0.383 e. The highest BCUT2D eigenvalue weighted by Gasteiger charge is 2.28. The van der Waals surface area contributed by atoms with Crippen molar-refractivity contribution in [3.8, 4) is 28.3 Å². The first-order valence-electron chi connectivity index (χ1n) is 11.9. The van der Waals surface area contributed by atoms with E-state index >= 15 is 0 Å². The van der Waals surface area contributed by atoms with E-state index in [1.807, 2.05) is 57.7 Å². The highest BCUT2D eigenvalue weighted by molar-refractivity contribution is 5.87. The van der Waals surface area contributed by atoms with Gasteiger partial charge in [-0.3, -0.25) is 9.48 Å². The van der Waals surface area contributed by atoms with Gasteiger partial charge >= 0.3 is 0 Å². The lowest BCUT2D eigenvalue weighted by molar-refractivity contribution is -0.142. The minimum atomic E-state index is -0.963. The molecule has 1 N–H and O–H groups in total. The zero-order chi connectivity index (χ0) is 25.4. The number of hydrogen-bond donors (Lipinski definition) is 1. The number of nitriles is 1. The van der Waals surface area contributed by atoms with Crippen molar-refractivity contribution in [2.45, 2.75) is 20.0 Å². The second kappa shape index (κ2) is 9.43. The summed E-state index contributed by atoms with van der Waals surface area (Å²) in [6, 6.07) is 8.24. The number of anilines is 1. The molecule has 0 spiro atoms. The van der Waals surface area contributed by atoms with Gasteiger partial charge in [0.25, 0.3) is 5.91 Å². The molecule has 1 aliphatic heterocycles. The summed E-state index contributed by atoms with van der Waals surface area (Å²) in [6.07, 6.45) is 8.05. The van der Waals surface area contributed by atoms with E-state index < -0.39 is 6.10 Å². The lowest BCUT2D eigenvalue weighted by Crippen LogP contribution is -2.52. The molecule has 0 aromatic carbocycles. The topological polar surface area (TPSA) is 116 Å². The highest BCUT2D eigenvalue weighted by Crippen LogP contribution is 2.32. The van der Waals surface area contributed by atoms with Crippen molar-refractivity contribution >= 4 is 17.2 Å². The third kappa shape index (κ3) is 4.29. The number of carbonyl (C=O) groups excluding carboxylic acids is 1. The van der Waals surface area contributed by atoms with Crippen LogP contribution in [0.4, 0.5) is 5.82 Å². The quantitative estimate of drug-likeness (QED) is 0.462. The maximum absolute atomic E-state index is 12.5. The minimum Gasteiger partial charge on any atom is -0.383 e. The van der Waals surface area contributed by atoms with Crippen LogP contribution >= 0.6 is 0 Å². The monoisotopic (exact) mass is 484 g/mol. The summed E-state index contributed by atoms with van der Waals surface area (Å²) in [6.45, 7) is 6.06. The van der Waals surface area contributed by atoms with E-state index in [0.717, 1.165) is 33.6 Å². The fourth-order valence-electron chi connectivity index (χ4n) is 4.51. The molecule has 4 aromatic rings. The molecule has 0 unspecified atom stereocenters. The van der Waals surface area contributed by atoms with Crippen molar-refractivity contribution in [3.63, 3.8) is 0 Å². The maximum atomic E-state index is 12.5. The van der Waals surface area contributed by atoms with E-state index in [0.29, 0.717) is 31.7 Å². The number of amides is 1. The average molecular weight is 485 g/mol. The van der Waals surface area contributed by atoms with Crippen molar-refractivity contribution in [2.24, 2.45) is 13.0 Å². The molecule has 0 aliphatic carbocycles. The predicted molar refractivity (Wildman–Crippen MR) is 135 cm³/mol. The Balaban J connectivity index is 1.41. The van der Waals surface area contributed by atoms with Gasteiger partial charge in [0.2, 0.25) is 0 Å². The average Bonchev–Trinajstić information content (AvgIpc) is 3.53. The van der Waals surface area contributed by atoms with Crippen molar-refractivity contribution in [1.82, 2.24) is 29.3 Å². The summed E-state index contributed by atoms with van der Waals surface area (Å²) in [4.78, 5) is 21.0. The molecule has 10 nitrogen and oxygen atoms in total.